The summed E-state index contributed by atoms with van der Waals surface area (Å²) in [7, 11) is 0. The molecule has 0 unspecified atom stereocenters. The molecule has 0 bridgehead atoms. The van der Waals surface area contributed by atoms with E-state index in [-0.39, 0.29) is 18.4 Å². The van der Waals surface area contributed by atoms with E-state index < -0.39 is 0 Å². The first-order valence-electron chi connectivity index (χ1n) is 12.0. The van der Waals surface area contributed by atoms with E-state index >= 15 is 0 Å². The van der Waals surface area contributed by atoms with Crippen molar-refractivity contribution in [3.8, 4) is 5.75 Å². The summed E-state index contributed by atoms with van der Waals surface area (Å²) >= 11 is 0. The Morgan fingerprint density at radius 1 is 0.838 bits per heavy atom. The molecule has 0 spiro atoms. The van der Waals surface area contributed by atoms with Crippen molar-refractivity contribution in [2.45, 2.75) is 6.61 Å². The lowest BCUT2D eigenvalue weighted by molar-refractivity contribution is -0.119. The van der Waals surface area contributed by atoms with Crippen molar-refractivity contribution in [1.29, 1.82) is 0 Å². The highest BCUT2D eigenvalue weighted by Gasteiger charge is 2.30. The second-order valence-corrected chi connectivity index (χ2v) is 8.90. The molecule has 0 radical (unpaired) electrons. The van der Waals surface area contributed by atoms with Gasteiger partial charge in [-0.15, -0.1) is 0 Å². The van der Waals surface area contributed by atoms with Crippen LogP contribution in [0, 0.1) is 0 Å². The third-order valence-corrected chi connectivity index (χ3v) is 6.45. The van der Waals surface area contributed by atoms with Crippen LogP contribution in [0.3, 0.4) is 0 Å². The van der Waals surface area contributed by atoms with Crippen LogP contribution in [0.2, 0.25) is 0 Å². The van der Waals surface area contributed by atoms with Gasteiger partial charge >= 0.3 is 0 Å². The highest BCUT2D eigenvalue weighted by atomic mass is 16.5. The number of benzene rings is 5. The third kappa shape index (κ3) is 4.52. The molecule has 6 rings (SSSR count). The summed E-state index contributed by atoms with van der Waals surface area (Å²) in [5.74, 6) is 0.200. The van der Waals surface area contributed by atoms with Crippen LogP contribution in [0.25, 0.3) is 21.5 Å². The molecule has 0 fully saturated rings. The summed E-state index contributed by atoms with van der Waals surface area (Å²) in [6, 6.07) is 33.3. The van der Waals surface area contributed by atoms with Gasteiger partial charge in [0, 0.05) is 10.9 Å². The Morgan fingerprint density at radius 3 is 2.43 bits per heavy atom. The normalized spacial score (nSPS) is 12.5. The number of hydrogen-bond acceptors (Lipinski definition) is 4. The zero-order chi connectivity index (χ0) is 25.2. The van der Waals surface area contributed by atoms with E-state index in [9.17, 15) is 9.59 Å². The Morgan fingerprint density at radius 2 is 1.59 bits per heavy atom. The maximum atomic E-state index is 12.8. The number of hydrazone groups is 1. The van der Waals surface area contributed by atoms with Crippen molar-refractivity contribution in [1.82, 2.24) is 5.43 Å². The monoisotopic (exact) mass is 485 g/mol. The van der Waals surface area contributed by atoms with E-state index in [4.69, 9.17) is 4.74 Å². The van der Waals surface area contributed by atoms with Gasteiger partial charge in [0.25, 0.3) is 11.8 Å². The Balaban J connectivity index is 1.04. The first-order valence-corrected chi connectivity index (χ1v) is 12.0. The van der Waals surface area contributed by atoms with Gasteiger partial charge in [-0.3, -0.25) is 14.5 Å². The number of ether oxygens (including phenoxy) is 1. The van der Waals surface area contributed by atoms with Gasteiger partial charge in [-0.2, -0.15) is 5.10 Å². The number of amides is 2. The van der Waals surface area contributed by atoms with Crippen LogP contribution >= 0.6 is 0 Å². The van der Waals surface area contributed by atoms with Crippen molar-refractivity contribution in [2.75, 3.05) is 11.4 Å². The van der Waals surface area contributed by atoms with E-state index in [2.05, 4.69) is 40.9 Å². The topological polar surface area (TPSA) is 71.0 Å². The van der Waals surface area contributed by atoms with Gasteiger partial charge < -0.3 is 4.74 Å². The number of carbonyl (C=O) groups excluding carboxylic acids is 2. The molecule has 37 heavy (non-hydrogen) atoms. The van der Waals surface area contributed by atoms with Crippen LogP contribution in [0.15, 0.2) is 108 Å². The first kappa shape index (κ1) is 22.5. The van der Waals surface area contributed by atoms with E-state index in [1.165, 1.54) is 15.7 Å². The van der Waals surface area contributed by atoms with E-state index in [0.29, 0.717) is 12.2 Å². The largest absolute Gasteiger partial charge is 0.489 e. The summed E-state index contributed by atoms with van der Waals surface area (Å²) in [5.41, 5.74) is 5.80. The molecule has 0 saturated carbocycles. The van der Waals surface area contributed by atoms with Crippen LogP contribution in [0.4, 0.5) is 5.69 Å². The van der Waals surface area contributed by atoms with E-state index in [1.807, 2.05) is 66.7 Å². The molecular formula is C31H23N3O3. The highest BCUT2D eigenvalue weighted by molar-refractivity contribution is 6.26. The fourth-order valence-corrected chi connectivity index (χ4v) is 4.64. The molecule has 5 aromatic rings. The SMILES string of the molecule is O=C(CN1C(=O)c2cccc3cccc1c23)N/N=C\c1ccc(OCc2ccc3ccccc3c2)cc1. The molecule has 1 aliphatic rings. The van der Waals surface area contributed by atoms with E-state index in [0.717, 1.165) is 33.3 Å². The second kappa shape index (κ2) is 9.59. The third-order valence-electron chi connectivity index (χ3n) is 6.45. The molecule has 0 aromatic heterocycles. The van der Waals surface area contributed by atoms with Gasteiger partial charge in [0.2, 0.25) is 0 Å². The fraction of sp³-hybridized carbons (Fsp3) is 0.0645. The van der Waals surface area contributed by atoms with Gasteiger partial charge in [-0.25, -0.2) is 5.43 Å². The molecule has 1 heterocycles. The lowest BCUT2D eigenvalue weighted by atomic mass is 10.1. The molecule has 0 atom stereocenters. The van der Waals surface area contributed by atoms with Gasteiger partial charge in [0.1, 0.15) is 18.9 Å². The number of nitrogens with zero attached hydrogens (tertiary/aromatic N) is 2. The van der Waals surface area contributed by atoms with Crippen LogP contribution in [-0.2, 0) is 11.4 Å². The summed E-state index contributed by atoms with van der Waals surface area (Å²) in [6.45, 7) is 0.368. The molecule has 1 N–H and O–H groups in total. The number of hydrogen-bond donors (Lipinski definition) is 1. The zero-order valence-corrected chi connectivity index (χ0v) is 19.9. The molecule has 6 heteroatoms. The standard InChI is InChI=1S/C31H23N3O3/c35-29(19-34-28-10-4-8-24-7-3-9-27(30(24)28)31(34)36)33-32-18-21-12-15-26(16-13-21)37-20-22-11-14-23-5-1-2-6-25(23)17-22/h1-18H,19-20H2,(H,33,35)/b32-18-. The molecule has 1 aliphatic heterocycles. The number of anilines is 1. The van der Waals surface area contributed by atoms with Crippen molar-refractivity contribution in [3.05, 3.63) is 120 Å². The summed E-state index contributed by atoms with van der Waals surface area (Å²) in [6.07, 6.45) is 1.56. The van der Waals surface area contributed by atoms with Crippen molar-refractivity contribution < 1.29 is 14.3 Å². The Kier molecular flexibility index (Phi) is 5.83. The average molecular weight is 486 g/mol. The van der Waals surface area contributed by atoms with Crippen LogP contribution in [0.5, 0.6) is 5.75 Å². The zero-order valence-electron chi connectivity index (χ0n) is 19.9. The maximum absolute atomic E-state index is 12.8. The molecule has 0 aliphatic carbocycles. The van der Waals surface area contributed by atoms with Gasteiger partial charge in [-0.05, 0) is 69.8 Å². The van der Waals surface area contributed by atoms with E-state index in [1.54, 1.807) is 12.3 Å². The molecule has 2 amide bonds. The fourth-order valence-electron chi connectivity index (χ4n) is 4.64. The Hall–Kier alpha value is -4.97. The molecular weight excluding hydrogens is 462 g/mol. The van der Waals surface area contributed by atoms with Crippen LogP contribution < -0.4 is 15.1 Å². The summed E-state index contributed by atoms with van der Waals surface area (Å²) < 4.78 is 5.92. The number of fused-ring (bicyclic) bond motifs is 1. The Labute approximate surface area is 213 Å². The maximum Gasteiger partial charge on any atom is 0.260 e. The summed E-state index contributed by atoms with van der Waals surface area (Å²) in [4.78, 5) is 26.8. The highest BCUT2D eigenvalue weighted by Crippen LogP contribution is 2.36. The number of rotatable bonds is 7. The quantitative estimate of drug-likeness (QED) is 0.238. The minimum absolute atomic E-state index is 0.106. The predicted octanol–water partition coefficient (Wildman–Crippen LogP) is 5.68. The number of nitrogens with one attached hydrogen (secondary N) is 1. The van der Waals surface area contributed by atoms with Gasteiger partial charge in [0.05, 0.1) is 11.9 Å². The minimum Gasteiger partial charge on any atom is -0.489 e. The second-order valence-electron chi connectivity index (χ2n) is 8.90. The van der Waals surface area contributed by atoms with Crippen molar-refractivity contribution >= 4 is 45.3 Å². The first-order chi connectivity index (χ1) is 18.2. The summed E-state index contributed by atoms with van der Waals surface area (Å²) in [5, 5.41) is 8.31. The Bertz CT molecular complexity index is 1670. The average Bonchev–Trinajstić information content (AvgIpc) is 3.20. The molecule has 0 saturated heterocycles. The smallest absolute Gasteiger partial charge is 0.260 e. The molecule has 180 valence electrons. The van der Waals surface area contributed by atoms with Crippen LogP contribution in [-0.4, -0.2) is 24.6 Å². The molecule has 5 aromatic carbocycles. The predicted molar refractivity (Wildman–Crippen MR) is 146 cm³/mol. The van der Waals surface area contributed by atoms with Crippen molar-refractivity contribution in [2.24, 2.45) is 5.10 Å². The lowest BCUT2D eigenvalue weighted by Gasteiger charge is -2.16. The molecule has 6 nitrogen and oxygen atoms in total. The van der Waals surface area contributed by atoms with Crippen LogP contribution in [0.1, 0.15) is 21.5 Å². The van der Waals surface area contributed by atoms with Crippen molar-refractivity contribution in [3.63, 3.8) is 0 Å². The van der Waals surface area contributed by atoms with Gasteiger partial charge in [-0.1, -0.05) is 60.7 Å². The minimum atomic E-state index is -0.371. The number of carbonyl (C=O) groups is 2. The van der Waals surface area contributed by atoms with Gasteiger partial charge in [0.15, 0.2) is 0 Å². The lowest BCUT2D eigenvalue weighted by Crippen LogP contribution is -2.37.